The fraction of sp³-hybridized carbons (Fsp3) is 0.429. The van der Waals surface area contributed by atoms with Gasteiger partial charge in [-0.15, -0.1) is 10.2 Å². The first-order chi connectivity index (χ1) is 9.24. The average Bonchev–Trinajstić information content (AvgIpc) is 2.85. The Hall–Kier alpha value is -2.04. The van der Waals surface area contributed by atoms with E-state index >= 15 is 0 Å². The second kappa shape index (κ2) is 4.91. The van der Waals surface area contributed by atoms with E-state index in [4.69, 9.17) is 9.47 Å². The Morgan fingerprint density at radius 1 is 1.32 bits per heavy atom. The highest BCUT2D eigenvalue weighted by molar-refractivity contribution is 5.40. The number of para-hydroxylation sites is 2. The van der Waals surface area contributed by atoms with Crippen LogP contribution in [0.4, 0.5) is 0 Å². The molecule has 1 atom stereocenters. The fourth-order valence-corrected chi connectivity index (χ4v) is 2.19. The summed E-state index contributed by atoms with van der Waals surface area (Å²) < 4.78 is 13.7. The summed E-state index contributed by atoms with van der Waals surface area (Å²) in [4.78, 5) is 0. The minimum Gasteiger partial charge on any atom is -0.485 e. The van der Waals surface area contributed by atoms with Crippen molar-refractivity contribution in [1.82, 2.24) is 14.8 Å². The molecule has 0 N–H and O–H groups in total. The molecule has 0 aliphatic carbocycles. The largest absolute Gasteiger partial charge is 0.485 e. The van der Waals surface area contributed by atoms with Crippen molar-refractivity contribution in [3.63, 3.8) is 0 Å². The number of nitrogens with zero attached hydrogens (tertiary/aromatic N) is 3. The van der Waals surface area contributed by atoms with E-state index in [9.17, 15) is 0 Å². The lowest BCUT2D eigenvalue weighted by atomic mass is 10.2. The van der Waals surface area contributed by atoms with E-state index in [1.54, 1.807) is 6.33 Å². The molecule has 0 radical (unpaired) electrons. The van der Waals surface area contributed by atoms with Crippen molar-refractivity contribution in [3.05, 3.63) is 36.4 Å². The summed E-state index contributed by atoms with van der Waals surface area (Å²) in [6, 6.07) is 7.68. The summed E-state index contributed by atoms with van der Waals surface area (Å²) in [5, 5.41) is 8.16. The Morgan fingerprint density at radius 2 is 2.11 bits per heavy atom. The lowest BCUT2D eigenvalue weighted by Crippen LogP contribution is -2.25. The Bertz CT molecular complexity index is 565. The summed E-state index contributed by atoms with van der Waals surface area (Å²) in [7, 11) is 0. The quantitative estimate of drug-likeness (QED) is 0.849. The van der Waals surface area contributed by atoms with Gasteiger partial charge in [-0.25, -0.2) is 0 Å². The molecule has 0 saturated heterocycles. The van der Waals surface area contributed by atoms with Gasteiger partial charge in [0, 0.05) is 6.54 Å². The van der Waals surface area contributed by atoms with Crippen molar-refractivity contribution in [1.29, 1.82) is 0 Å². The van der Waals surface area contributed by atoms with E-state index in [1.807, 2.05) is 28.8 Å². The standard InChI is InChI=1S/C14H17N3O2/c1-10(2)7-17-9-15-16-14(17)13-8-18-11-5-3-4-6-12(11)19-13/h3-6,9-10,13H,7-8H2,1-2H3. The van der Waals surface area contributed by atoms with Crippen LogP contribution in [0.2, 0.25) is 0 Å². The third kappa shape index (κ3) is 2.41. The molecular formula is C14H17N3O2. The van der Waals surface area contributed by atoms with Crippen LogP contribution >= 0.6 is 0 Å². The van der Waals surface area contributed by atoms with Crippen LogP contribution in [0.5, 0.6) is 11.5 Å². The maximum Gasteiger partial charge on any atom is 0.192 e. The summed E-state index contributed by atoms with van der Waals surface area (Å²) >= 11 is 0. The lowest BCUT2D eigenvalue weighted by Gasteiger charge is -2.26. The van der Waals surface area contributed by atoms with Gasteiger partial charge in [-0.05, 0) is 18.1 Å². The number of ether oxygens (including phenoxy) is 2. The highest BCUT2D eigenvalue weighted by Crippen LogP contribution is 2.35. The van der Waals surface area contributed by atoms with Crippen LogP contribution in [-0.4, -0.2) is 21.4 Å². The van der Waals surface area contributed by atoms with E-state index in [0.29, 0.717) is 12.5 Å². The molecule has 1 aliphatic rings. The predicted molar refractivity (Wildman–Crippen MR) is 70.2 cm³/mol. The van der Waals surface area contributed by atoms with Gasteiger partial charge in [0.15, 0.2) is 23.4 Å². The SMILES string of the molecule is CC(C)Cn1cnnc1C1COc2ccccc2O1. The molecule has 1 aliphatic heterocycles. The number of benzene rings is 1. The number of fused-ring (bicyclic) bond motifs is 1. The van der Waals surface area contributed by atoms with Gasteiger partial charge in [0.2, 0.25) is 0 Å². The normalized spacial score (nSPS) is 17.7. The lowest BCUT2D eigenvalue weighted by molar-refractivity contribution is 0.0816. The molecule has 5 nitrogen and oxygen atoms in total. The first-order valence-electron chi connectivity index (χ1n) is 6.50. The van der Waals surface area contributed by atoms with Crippen LogP contribution in [0, 0.1) is 5.92 Å². The zero-order valence-electron chi connectivity index (χ0n) is 11.1. The second-order valence-corrected chi connectivity index (χ2v) is 5.10. The summed E-state index contributed by atoms with van der Waals surface area (Å²) in [6.45, 7) is 5.67. The monoisotopic (exact) mass is 259 g/mol. The maximum absolute atomic E-state index is 5.95. The third-order valence-electron chi connectivity index (χ3n) is 3.00. The van der Waals surface area contributed by atoms with E-state index in [2.05, 4.69) is 24.0 Å². The molecule has 1 aromatic heterocycles. The van der Waals surface area contributed by atoms with Crippen LogP contribution in [0.25, 0.3) is 0 Å². The number of hydrogen-bond acceptors (Lipinski definition) is 4. The van der Waals surface area contributed by atoms with Gasteiger partial charge >= 0.3 is 0 Å². The van der Waals surface area contributed by atoms with Crippen LogP contribution in [0.15, 0.2) is 30.6 Å². The van der Waals surface area contributed by atoms with Crippen molar-refractivity contribution < 1.29 is 9.47 Å². The van der Waals surface area contributed by atoms with Crippen LogP contribution in [0.1, 0.15) is 25.8 Å². The van der Waals surface area contributed by atoms with Crippen LogP contribution in [0.3, 0.4) is 0 Å². The highest BCUT2D eigenvalue weighted by atomic mass is 16.6. The van der Waals surface area contributed by atoms with Gasteiger partial charge in [0.25, 0.3) is 0 Å². The van der Waals surface area contributed by atoms with Gasteiger partial charge < -0.3 is 14.0 Å². The topological polar surface area (TPSA) is 49.2 Å². The zero-order valence-corrected chi connectivity index (χ0v) is 11.1. The minimum atomic E-state index is -0.198. The van der Waals surface area contributed by atoms with Crippen molar-refractivity contribution >= 4 is 0 Å². The molecule has 0 fully saturated rings. The van der Waals surface area contributed by atoms with Gasteiger partial charge in [-0.1, -0.05) is 26.0 Å². The van der Waals surface area contributed by atoms with Gasteiger partial charge in [0.1, 0.15) is 12.9 Å². The predicted octanol–water partition coefficient (Wildman–Crippen LogP) is 2.45. The van der Waals surface area contributed by atoms with E-state index in [1.165, 1.54) is 0 Å². The zero-order chi connectivity index (χ0) is 13.2. The fourth-order valence-electron chi connectivity index (χ4n) is 2.19. The molecule has 2 aromatic rings. The van der Waals surface area contributed by atoms with Crippen molar-refractivity contribution in [2.24, 2.45) is 5.92 Å². The minimum absolute atomic E-state index is 0.198. The molecular weight excluding hydrogens is 242 g/mol. The Kier molecular flexibility index (Phi) is 3.11. The average molecular weight is 259 g/mol. The molecule has 0 spiro atoms. The Balaban J connectivity index is 1.83. The Morgan fingerprint density at radius 3 is 2.89 bits per heavy atom. The van der Waals surface area contributed by atoms with Crippen molar-refractivity contribution in [2.45, 2.75) is 26.5 Å². The van der Waals surface area contributed by atoms with Gasteiger partial charge in [0.05, 0.1) is 0 Å². The molecule has 5 heteroatoms. The first-order valence-corrected chi connectivity index (χ1v) is 6.50. The molecule has 3 rings (SSSR count). The van der Waals surface area contributed by atoms with E-state index in [-0.39, 0.29) is 6.10 Å². The third-order valence-corrected chi connectivity index (χ3v) is 3.00. The van der Waals surface area contributed by atoms with Gasteiger partial charge in [-0.3, -0.25) is 0 Å². The first kappa shape index (κ1) is 12.0. The molecule has 0 amide bonds. The van der Waals surface area contributed by atoms with Crippen LogP contribution < -0.4 is 9.47 Å². The van der Waals surface area contributed by atoms with Crippen LogP contribution in [-0.2, 0) is 6.54 Å². The van der Waals surface area contributed by atoms with Gasteiger partial charge in [-0.2, -0.15) is 0 Å². The van der Waals surface area contributed by atoms with Crippen molar-refractivity contribution in [2.75, 3.05) is 6.61 Å². The van der Waals surface area contributed by atoms with E-state index in [0.717, 1.165) is 23.9 Å². The van der Waals surface area contributed by atoms with Crippen molar-refractivity contribution in [3.8, 4) is 11.5 Å². The highest BCUT2D eigenvalue weighted by Gasteiger charge is 2.26. The molecule has 2 heterocycles. The molecule has 19 heavy (non-hydrogen) atoms. The second-order valence-electron chi connectivity index (χ2n) is 5.10. The number of hydrogen-bond donors (Lipinski definition) is 0. The summed E-state index contributed by atoms with van der Waals surface area (Å²) in [5.74, 6) is 2.90. The maximum atomic E-state index is 5.95. The summed E-state index contributed by atoms with van der Waals surface area (Å²) in [5.41, 5.74) is 0. The van der Waals surface area contributed by atoms with E-state index < -0.39 is 0 Å². The number of aromatic nitrogens is 3. The molecule has 100 valence electrons. The Labute approximate surface area is 112 Å². The summed E-state index contributed by atoms with van der Waals surface area (Å²) in [6.07, 6.45) is 1.55. The molecule has 1 aromatic carbocycles. The molecule has 0 saturated carbocycles. The smallest absolute Gasteiger partial charge is 0.192 e. The molecule has 0 bridgehead atoms. The number of rotatable bonds is 3. The molecule has 1 unspecified atom stereocenters.